The molecule has 1 aromatic heterocycles. The predicted molar refractivity (Wildman–Crippen MR) is 95.2 cm³/mol. The summed E-state index contributed by atoms with van der Waals surface area (Å²) in [5, 5.41) is 2.90. The van der Waals surface area contributed by atoms with Gasteiger partial charge < -0.3 is 14.2 Å². The first-order valence-corrected chi connectivity index (χ1v) is 8.63. The van der Waals surface area contributed by atoms with Gasteiger partial charge in [-0.05, 0) is 51.4 Å². The van der Waals surface area contributed by atoms with Crippen molar-refractivity contribution in [1.82, 2.24) is 14.5 Å². The highest BCUT2D eigenvalue weighted by Crippen LogP contribution is 2.21. The molecule has 24 heavy (non-hydrogen) atoms. The van der Waals surface area contributed by atoms with Crippen LogP contribution in [0.15, 0.2) is 18.2 Å². The minimum absolute atomic E-state index is 0.0837. The van der Waals surface area contributed by atoms with E-state index in [-0.39, 0.29) is 18.6 Å². The fourth-order valence-corrected chi connectivity index (χ4v) is 3.16. The molecule has 2 aromatic rings. The number of carbonyl (C=O) groups is 1. The number of anilines is 1. The molecule has 1 N–H and O–H groups in total. The van der Waals surface area contributed by atoms with E-state index in [1.54, 1.807) is 0 Å². The van der Waals surface area contributed by atoms with E-state index in [2.05, 4.69) is 28.3 Å². The first kappa shape index (κ1) is 16.9. The Morgan fingerprint density at radius 1 is 1.38 bits per heavy atom. The zero-order valence-electron chi connectivity index (χ0n) is 14.7. The largest absolute Gasteiger partial charge is 0.368 e. The Hall–Kier alpha value is -1.92. The Kier molecular flexibility index (Phi) is 5.16. The second-order valence-electron chi connectivity index (χ2n) is 6.53. The molecule has 0 bridgehead atoms. The molecule has 1 saturated heterocycles. The van der Waals surface area contributed by atoms with Gasteiger partial charge in [0.2, 0.25) is 5.95 Å². The lowest BCUT2D eigenvalue weighted by Gasteiger charge is -2.28. The second kappa shape index (κ2) is 7.32. The van der Waals surface area contributed by atoms with Gasteiger partial charge in [0, 0.05) is 19.6 Å². The first-order chi connectivity index (χ1) is 11.6. The standard InChI is InChI=1S/C18H26N4O2/c1-4-22-16-6-5-13(2)11-15(16)19-18(22)20-17(23)12-24-14-7-9-21(3)10-8-14/h5-6,11,14H,4,7-10,12H2,1-3H3,(H,19,20,23). The van der Waals surface area contributed by atoms with Gasteiger partial charge in [-0.2, -0.15) is 0 Å². The van der Waals surface area contributed by atoms with Crippen LogP contribution in [0.1, 0.15) is 25.3 Å². The average Bonchev–Trinajstić information content (AvgIpc) is 2.90. The van der Waals surface area contributed by atoms with Crippen LogP contribution in [0.5, 0.6) is 0 Å². The fraction of sp³-hybridized carbons (Fsp3) is 0.556. The zero-order chi connectivity index (χ0) is 17.1. The molecule has 2 heterocycles. The van der Waals surface area contributed by atoms with Crippen LogP contribution in [0.25, 0.3) is 11.0 Å². The lowest BCUT2D eigenvalue weighted by molar-refractivity contribution is -0.123. The normalized spacial score (nSPS) is 16.6. The Morgan fingerprint density at radius 2 is 2.12 bits per heavy atom. The van der Waals surface area contributed by atoms with Crippen molar-refractivity contribution in [3.63, 3.8) is 0 Å². The van der Waals surface area contributed by atoms with E-state index in [0.717, 1.165) is 49.1 Å². The Balaban J connectivity index is 1.62. The molecular weight excluding hydrogens is 304 g/mol. The number of likely N-dealkylation sites (tertiary alicyclic amines) is 1. The van der Waals surface area contributed by atoms with E-state index >= 15 is 0 Å². The number of carbonyl (C=O) groups excluding carboxylic acids is 1. The SMILES string of the molecule is CCn1c(NC(=O)COC2CCN(C)CC2)nc2cc(C)ccc21. The van der Waals surface area contributed by atoms with Crippen molar-refractivity contribution < 1.29 is 9.53 Å². The van der Waals surface area contributed by atoms with Crippen molar-refractivity contribution in [2.24, 2.45) is 0 Å². The molecule has 6 heteroatoms. The van der Waals surface area contributed by atoms with E-state index in [0.29, 0.717) is 5.95 Å². The predicted octanol–water partition coefficient (Wildman–Crippen LogP) is 2.41. The Morgan fingerprint density at radius 3 is 2.83 bits per heavy atom. The Labute approximate surface area is 142 Å². The molecule has 1 aliphatic heterocycles. The summed E-state index contributed by atoms with van der Waals surface area (Å²) in [7, 11) is 2.11. The fourth-order valence-electron chi connectivity index (χ4n) is 3.16. The second-order valence-corrected chi connectivity index (χ2v) is 6.53. The van der Waals surface area contributed by atoms with E-state index in [4.69, 9.17) is 4.74 Å². The molecule has 0 saturated carbocycles. The van der Waals surface area contributed by atoms with E-state index in [1.807, 2.05) is 30.5 Å². The van der Waals surface area contributed by atoms with Crippen LogP contribution in [0.4, 0.5) is 5.95 Å². The number of fused-ring (bicyclic) bond motifs is 1. The average molecular weight is 330 g/mol. The highest BCUT2D eigenvalue weighted by atomic mass is 16.5. The van der Waals surface area contributed by atoms with Crippen molar-refractivity contribution in [1.29, 1.82) is 0 Å². The van der Waals surface area contributed by atoms with E-state index in [1.165, 1.54) is 0 Å². The molecule has 0 atom stereocenters. The summed E-state index contributed by atoms with van der Waals surface area (Å²) >= 11 is 0. The zero-order valence-corrected chi connectivity index (χ0v) is 14.7. The van der Waals surface area contributed by atoms with Gasteiger partial charge in [0.1, 0.15) is 6.61 Å². The van der Waals surface area contributed by atoms with Gasteiger partial charge in [0.05, 0.1) is 17.1 Å². The molecule has 1 aromatic carbocycles. The molecule has 0 unspecified atom stereocenters. The van der Waals surface area contributed by atoms with Gasteiger partial charge >= 0.3 is 0 Å². The van der Waals surface area contributed by atoms with Gasteiger partial charge in [-0.1, -0.05) is 6.07 Å². The topological polar surface area (TPSA) is 59.4 Å². The van der Waals surface area contributed by atoms with Crippen LogP contribution < -0.4 is 5.32 Å². The third-order valence-electron chi connectivity index (χ3n) is 4.59. The van der Waals surface area contributed by atoms with Crippen LogP contribution in [0.2, 0.25) is 0 Å². The maximum atomic E-state index is 12.2. The van der Waals surface area contributed by atoms with Gasteiger partial charge in [-0.3, -0.25) is 10.1 Å². The molecular formula is C18H26N4O2. The van der Waals surface area contributed by atoms with Gasteiger partial charge in [0.15, 0.2) is 0 Å². The number of nitrogens with one attached hydrogen (secondary N) is 1. The summed E-state index contributed by atoms with van der Waals surface area (Å²) in [5.74, 6) is 0.450. The van der Waals surface area contributed by atoms with Gasteiger partial charge in [0.25, 0.3) is 5.91 Å². The number of nitrogens with zero attached hydrogens (tertiary/aromatic N) is 3. The minimum Gasteiger partial charge on any atom is -0.368 e. The number of rotatable bonds is 5. The van der Waals surface area contributed by atoms with Crippen LogP contribution in [-0.4, -0.2) is 53.2 Å². The highest BCUT2D eigenvalue weighted by Gasteiger charge is 2.19. The molecule has 0 spiro atoms. The maximum Gasteiger partial charge on any atom is 0.252 e. The van der Waals surface area contributed by atoms with Crippen molar-refractivity contribution in [3.05, 3.63) is 23.8 Å². The van der Waals surface area contributed by atoms with Gasteiger partial charge in [-0.25, -0.2) is 4.98 Å². The van der Waals surface area contributed by atoms with Crippen molar-refractivity contribution in [2.75, 3.05) is 32.1 Å². The third-order valence-corrected chi connectivity index (χ3v) is 4.59. The smallest absolute Gasteiger partial charge is 0.252 e. The number of imidazole rings is 1. The quantitative estimate of drug-likeness (QED) is 0.915. The number of hydrogen-bond donors (Lipinski definition) is 1. The summed E-state index contributed by atoms with van der Waals surface area (Å²) < 4.78 is 7.77. The van der Waals surface area contributed by atoms with Crippen LogP contribution in [0.3, 0.4) is 0 Å². The van der Waals surface area contributed by atoms with Crippen LogP contribution >= 0.6 is 0 Å². The lowest BCUT2D eigenvalue weighted by Crippen LogP contribution is -2.35. The monoisotopic (exact) mass is 330 g/mol. The third kappa shape index (κ3) is 3.76. The highest BCUT2D eigenvalue weighted by molar-refractivity contribution is 5.92. The summed E-state index contributed by atoms with van der Waals surface area (Å²) in [6.07, 6.45) is 2.15. The molecule has 1 aliphatic rings. The molecule has 1 fully saturated rings. The summed E-state index contributed by atoms with van der Waals surface area (Å²) in [6, 6.07) is 6.14. The van der Waals surface area contributed by atoms with Crippen LogP contribution in [0, 0.1) is 6.92 Å². The van der Waals surface area contributed by atoms with Gasteiger partial charge in [-0.15, -0.1) is 0 Å². The van der Waals surface area contributed by atoms with Crippen LogP contribution in [-0.2, 0) is 16.1 Å². The molecule has 0 aliphatic carbocycles. The molecule has 130 valence electrons. The molecule has 3 rings (SSSR count). The summed E-state index contributed by atoms with van der Waals surface area (Å²) in [4.78, 5) is 19.1. The Bertz CT molecular complexity index is 717. The number of piperidine rings is 1. The summed E-state index contributed by atoms with van der Waals surface area (Å²) in [6.45, 7) is 6.98. The number of hydrogen-bond acceptors (Lipinski definition) is 4. The minimum atomic E-state index is -0.143. The van der Waals surface area contributed by atoms with Crippen molar-refractivity contribution in [3.8, 4) is 0 Å². The molecule has 1 amide bonds. The summed E-state index contributed by atoms with van der Waals surface area (Å²) in [5.41, 5.74) is 3.10. The van der Waals surface area contributed by atoms with E-state index < -0.39 is 0 Å². The van der Waals surface area contributed by atoms with E-state index in [9.17, 15) is 4.79 Å². The number of benzene rings is 1. The lowest BCUT2D eigenvalue weighted by atomic mass is 10.1. The first-order valence-electron chi connectivity index (χ1n) is 8.63. The molecule has 6 nitrogen and oxygen atoms in total. The maximum absolute atomic E-state index is 12.2. The number of amides is 1. The van der Waals surface area contributed by atoms with Crippen molar-refractivity contribution >= 4 is 22.9 Å². The molecule has 0 radical (unpaired) electrons. The van der Waals surface area contributed by atoms with Crippen molar-refractivity contribution in [2.45, 2.75) is 39.3 Å². The number of aromatic nitrogens is 2. The number of ether oxygens (including phenoxy) is 1. The number of aryl methyl sites for hydroxylation is 2.